The fraction of sp³-hybridized carbons (Fsp3) is 0.542. The summed E-state index contributed by atoms with van der Waals surface area (Å²) < 4.78 is 27.1. The van der Waals surface area contributed by atoms with Crippen LogP contribution in [0.25, 0.3) is 0 Å². The lowest BCUT2D eigenvalue weighted by atomic mass is 9.79. The third-order valence-electron chi connectivity index (χ3n) is 7.45. The standard InChI is InChI=1S/C24H32N6O4S/c31-13-14-35(33,34)29-18-4-5-19-20(15-18)30-12-9-24(7-8-24)17(16-30)3-1-2-10-25-23-26-11-6-21(28-23)27-22(19)32/h4-6,11,15,17,29,31H,1-3,7-10,12-14,16H2,(H2,25,26,27,28,32)/t17-/m1/s1. The van der Waals surface area contributed by atoms with Gasteiger partial charge in [0.1, 0.15) is 5.82 Å². The number of nitrogens with zero attached hydrogens (tertiary/aromatic N) is 3. The molecule has 2 aliphatic heterocycles. The Balaban J connectivity index is 1.51. The molecule has 1 saturated carbocycles. The molecule has 4 N–H and O–H groups in total. The van der Waals surface area contributed by atoms with Crippen molar-refractivity contribution in [3.05, 3.63) is 36.0 Å². The number of hydrogen-bond donors (Lipinski definition) is 4. The molecule has 11 heteroatoms. The summed E-state index contributed by atoms with van der Waals surface area (Å²) >= 11 is 0. The molecule has 1 spiro atoms. The first-order valence-corrected chi connectivity index (χ1v) is 13.9. The van der Waals surface area contributed by atoms with Gasteiger partial charge in [-0.1, -0.05) is 6.42 Å². The van der Waals surface area contributed by atoms with Gasteiger partial charge in [0.05, 0.1) is 29.3 Å². The molecule has 3 heterocycles. The van der Waals surface area contributed by atoms with E-state index in [4.69, 9.17) is 5.11 Å². The van der Waals surface area contributed by atoms with Crippen LogP contribution in [0, 0.1) is 11.3 Å². The molecule has 1 saturated heterocycles. The van der Waals surface area contributed by atoms with Gasteiger partial charge in [0.25, 0.3) is 5.91 Å². The van der Waals surface area contributed by atoms with E-state index in [1.54, 1.807) is 30.5 Å². The molecule has 2 aromatic rings. The summed E-state index contributed by atoms with van der Waals surface area (Å²) in [5, 5.41) is 15.2. The number of aromatic nitrogens is 2. The lowest BCUT2D eigenvalue weighted by molar-refractivity contribution is 0.102. The summed E-state index contributed by atoms with van der Waals surface area (Å²) in [5.74, 6) is 0.710. The van der Waals surface area contributed by atoms with Gasteiger partial charge in [0, 0.05) is 25.8 Å². The summed E-state index contributed by atoms with van der Waals surface area (Å²) in [7, 11) is -3.69. The van der Waals surface area contributed by atoms with Gasteiger partial charge in [0.2, 0.25) is 16.0 Å². The molecule has 1 atom stereocenters. The zero-order chi connectivity index (χ0) is 24.5. The van der Waals surface area contributed by atoms with Crippen LogP contribution < -0.4 is 20.3 Å². The number of aliphatic hydroxyl groups is 1. The van der Waals surface area contributed by atoms with Gasteiger partial charge < -0.3 is 20.6 Å². The van der Waals surface area contributed by atoms with E-state index in [-0.39, 0.29) is 11.7 Å². The quantitative estimate of drug-likeness (QED) is 0.503. The number of amides is 1. The van der Waals surface area contributed by atoms with Crippen molar-refractivity contribution >= 4 is 39.1 Å². The Bertz CT molecular complexity index is 1200. The van der Waals surface area contributed by atoms with E-state index in [9.17, 15) is 13.2 Å². The Labute approximate surface area is 205 Å². The van der Waals surface area contributed by atoms with Crippen LogP contribution in [0.5, 0.6) is 0 Å². The summed E-state index contributed by atoms with van der Waals surface area (Å²) in [6.45, 7) is 1.98. The highest BCUT2D eigenvalue weighted by Gasteiger charge is 2.51. The van der Waals surface area contributed by atoms with Crippen LogP contribution in [0.15, 0.2) is 30.5 Å². The fourth-order valence-corrected chi connectivity index (χ4v) is 6.19. The number of nitrogens with one attached hydrogen (secondary N) is 3. The molecule has 2 fully saturated rings. The van der Waals surface area contributed by atoms with Gasteiger partial charge in [0.15, 0.2) is 0 Å². The number of aliphatic hydroxyl groups excluding tert-OH is 1. The normalized spacial score (nSPS) is 21.7. The Morgan fingerprint density at radius 3 is 2.86 bits per heavy atom. The highest BCUT2D eigenvalue weighted by atomic mass is 32.2. The largest absolute Gasteiger partial charge is 0.395 e. The minimum absolute atomic E-state index is 0.312. The molecule has 0 radical (unpaired) electrons. The zero-order valence-corrected chi connectivity index (χ0v) is 20.5. The van der Waals surface area contributed by atoms with Crippen LogP contribution in [0.2, 0.25) is 0 Å². The van der Waals surface area contributed by atoms with Gasteiger partial charge in [-0.25, -0.2) is 13.4 Å². The molecule has 5 rings (SSSR count). The molecule has 188 valence electrons. The Morgan fingerprint density at radius 2 is 2.06 bits per heavy atom. The SMILES string of the molecule is O=C1Nc2ccnc(n2)NCCCC[C@@H]2CN(CCC23CC3)c2cc(NS(=O)(=O)CCO)ccc21. The molecular formula is C24H32N6O4S. The van der Waals surface area contributed by atoms with Crippen molar-refractivity contribution in [2.45, 2.75) is 38.5 Å². The number of carbonyl (C=O) groups excluding carboxylic acids is 1. The lowest BCUT2D eigenvalue weighted by Crippen LogP contribution is -2.42. The average Bonchev–Trinajstić information content (AvgIpc) is 3.59. The minimum atomic E-state index is -3.69. The van der Waals surface area contributed by atoms with Gasteiger partial charge in [-0.2, -0.15) is 4.98 Å². The number of fused-ring (bicyclic) bond motifs is 7. The Hall–Kier alpha value is -2.92. The molecule has 4 bridgehead atoms. The van der Waals surface area contributed by atoms with Crippen LogP contribution >= 0.6 is 0 Å². The third kappa shape index (κ3) is 5.35. The van der Waals surface area contributed by atoms with E-state index >= 15 is 0 Å². The van der Waals surface area contributed by atoms with Crippen molar-refractivity contribution in [3.8, 4) is 0 Å². The van der Waals surface area contributed by atoms with Crippen LogP contribution in [-0.4, -0.2) is 61.4 Å². The molecule has 3 aliphatic rings. The second kappa shape index (κ2) is 9.62. The molecule has 10 nitrogen and oxygen atoms in total. The second-order valence-electron chi connectivity index (χ2n) is 9.77. The maximum absolute atomic E-state index is 13.4. The average molecular weight is 501 g/mol. The first-order valence-electron chi connectivity index (χ1n) is 12.3. The monoisotopic (exact) mass is 500 g/mol. The highest BCUT2D eigenvalue weighted by Crippen LogP contribution is 2.58. The van der Waals surface area contributed by atoms with Crippen molar-refractivity contribution < 1.29 is 18.3 Å². The van der Waals surface area contributed by atoms with E-state index in [1.165, 1.54) is 12.8 Å². The van der Waals surface area contributed by atoms with E-state index in [0.29, 0.717) is 40.0 Å². The smallest absolute Gasteiger partial charge is 0.258 e. The number of piperidine rings is 1. The van der Waals surface area contributed by atoms with E-state index in [2.05, 4.69) is 30.2 Å². The molecule has 1 amide bonds. The molecule has 35 heavy (non-hydrogen) atoms. The van der Waals surface area contributed by atoms with Gasteiger partial charge in [-0.05, 0) is 67.7 Å². The predicted octanol–water partition coefficient (Wildman–Crippen LogP) is 2.67. The second-order valence-corrected chi connectivity index (χ2v) is 11.6. The zero-order valence-electron chi connectivity index (χ0n) is 19.7. The Morgan fingerprint density at radius 1 is 1.20 bits per heavy atom. The van der Waals surface area contributed by atoms with Crippen molar-refractivity contribution in [2.75, 3.05) is 52.2 Å². The third-order valence-corrected chi connectivity index (χ3v) is 8.72. The van der Waals surface area contributed by atoms with E-state index in [0.717, 1.165) is 45.3 Å². The van der Waals surface area contributed by atoms with Crippen molar-refractivity contribution in [3.63, 3.8) is 0 Å². The highest BCUT2D eigenvalue weighted by molar-refractivity contribution is 7.92. The lowest BCUT2D eigenvalue weighted by Gasteiger charge is -2.41. The number of hydrogen-bond acceptors (Lipinski definition) is 8. The topological polar surface area (TPSA) is 137 Å². The number of anilines is 4. The van der Waals surface area contributed by atoms with E-state index in [1.807, 2.05) is 0 Å². The number of rotatable bonds is 4. The summed E-state index contributed by atoms with van der Waals surface area (Å²) in [6, 6.07) is 6.61. The van der Waals surface area contributed by atoms with Crippen LogP contribution in [0.3, 0.4) is 0 Å². The number of carbonyl (C=O) groups is 1. The molecule has 1 aromatic carbocycles. The van der Waals surface area contributed by atoms with Gasteiger partial charge in [-0.3, -0.25) is 9.52 Å². The Kier molecular flexibility index (Phi) is 6.54. The number of sulfonamides is 1. The van der Waals surface area contributed by atoms with Crippen molar-refractivity contribution in [1.29, 1.82) is 0 Å². The summed E-state index contributed by atoms with van der Waals surface area (Å²) in [6.07, 6.45) is 8.43. The molecule has 1 aromatic heterocycles. The molecule has 1 aliphatic carbocycles. The molecular weight excluding hydrogens is 468 g/mol. The maximum atomic E-state index is 13.4. The van der Waals surface area contributed by atoms with Gasteiger partial charge in [-0.15, -0.1) is 0 Å². The van der Waals surface area contributed by atoms with Crippen LogP contribution in [-0.2, 0) is 10.0 Å². The maximum Gasteiger partial charge on any atom is 0.258 e. The fourth-order valence-electron chi connectivity index (χ4n) is 5.36. The van der Waals surface area contributed by atoms with Crippen LogP contribution in [0.4, 0.5) is 23.1 Å². The minimum Gasteiger partial charge on any atom is -0.395 e. The van der Waals surface area contributed by atoms with Gasteiger partial charge >= 0.3 is 0 Å². The first kappa shape index (κ1) is 23.8. The van der Waals surface area contributed by atoms with Crippen molar-refractivity contribution in [2.24, 2.45) is 11.3 Å². The first-order chi connectivity index (χ1) is 16.9. The molecule has 0 unspecified atom stereocenters. The summed E-state index contributed by atoms with van der Waals surface area (Å²) in [4.78, 5) is 24.3. The number of benzene rings is 1. The van der Waals surface area contributed by atoms with E-state index < -0.39 is 16.6 Å². The van der Waals surface area contributed by atoms with Crippen molar-refractivity contribution in [1.82, 2.24) is 9.97 Å². The van der Waals surface area contributed by atoms with Crippen LogP contribution in [0.1, 0.15) is 48.9 Å². The summed E-state index contributed by atoms with van der Waals surface area (Å²) in [5.41, 5.74) is 1.95. The predicted molar refractivity (Wildman–Crippen MR) is 135 cm³/mol.